The molecule has 130 valence electrons. The van der Waals surface area contributed by atoms with Gasteiger partial charge in [-0.25, -0.2) is 0 Å². The lowest BCUT2D eigenvalue weighted by atomic mass is 9.97. The minimum absolute atomic E-state index is 0.419. The highest BCUT2D eigenvalue weighted by Gasteiger charge is 2.17. The molecule has 0 aliphatic heterocycles. The second-order valence-corrected chi connectivity index (χ2v) is 6.11. The van der Waals surface area contributed by atoms with Gasteiger partial charge in [-0.1, -0.05) is 72.2 Å². The standard InChI is InChI=1S/C18H19BrO3.C2H6/c19-17-8-6-14(7-9-17)12-16(18(20)21)10-11-22-13-15-4-2-1-3-5-15;1-2/h1-9,16H,10-13H2,(H,20,21);1-2H3/t16-;/m1./s1. The van der Waals surface area contributed by atoms with Crippen molar-refractivity contribution < 1.29 is 14.6 Å². The molecule has 0 amide bonds. The number of benzene rings is 2. The first-order valence-corrected chi connectivity index (χ1v) is 9.03. The lowest BCUT2D eigenvalue weighted by molar-refractivity contribution is -0.142. The van der Waals surface area contributed by atoms with Crippen molar-refractivity contribution in [1.82, 2.24) is 0 Å². The van der Waals surface area contributed by atoms with E-state index in [9.17, 15) is 9.90 Å². The summed E-state index contributed by atoms with van der Waals surface area (Å²) in [5.74, 6) is -1.19. The fourth-order valence-corrected chi connectivity index (χ4v) is 2.47. The summed E-state index contributed by atoms with van der Waals surface area (Å²) < 4.78 is 6.58. The Balaban J connectivity index is 0.00000139. The molecule has 0 radical (unpaired) electrons. The average Bonchev–Trinajstić information content (AvgIpc) is 2.62. The van der Waals surface area contributed by atoms with Gasteiger partial charge in [-0.2, -0.15) is 0 Å². The lowest BCUT2D eigenvalue weighted by Gasteiger charge is -2.13. The molecule has 3 nitrogen and oxygen atoms in total. The van der Waals surface area contributed by atoms with Crippen LogP contribution in [0.4, 0.5) is 0 Å². The van der Waals surface area contributed by atoms with Gasteiger partial charge in [0.15, 0.2) is 0 Å². The number of rotatable bonds is 8. The van der Waals surface area contributed by atoms with E-state index in [1.54, 1.807) is 0 Å². The van der Waals surface area contributed by atoms with Crippen molar-refractivity contribution in [3.63, 3.8) is 0 Å². The van der Waals surface area contributed by atoms with E-state index in [0.717, 1.165) is 15.6 Å². The Morgan fingerprint density at radius 3 is 2.25 bits per heavy atom. The molecule has 0 aliphatic carbocycles. The summed E-state index contributed by atoms with van der Waals surface area (Å²) >= 11 is 3.38. The Morgan fingerprint density at radius 1 is 1.04 bits per heavy atom. The SMILES string of the molecule is CC.O=C(O)[C@H](CCOCc1ccccc1)Cc1ccc(Br)cc1. The zero-order valence-electron chi connectivity index (χ0n) is 14.2. The van der Waals surface area contributed by atoms with Gasteiger partial charge < -0.3 is 9.84 Å². The van der Waals surface area contributed by atoms with E-state index < -0.39 is 11.9 Å². The third-order valence-corrected chi connectivity index (χ3v) is 4.00. The molecule has 0 heterocycles. The van der Waals surface area contributed by atoms with E-state index in [1.165, 1.54) is 0 Å². The quantitative estimate of drug-likeness (QED) is 0.617. The number of carboxylic acid groups (broad SMARTS) is 1. The Kier molecular flexibility index (Phi) is 10.0. The summed E-state index contributed by atoms with van der Waals surface area (Å²) in [6, 6.07) is 17.6. The highest BCUT2D eigenvalue weighted by atomic mass is 79.9. The van der Waals surface area contributed by atoms with Crippen LogP contribution >= 0.6 is 15.9 Å². The van der Waals surface area contributed by atoms with Crippen molar-refractivity contribution in [3.05, 3.63) is 70.2 Å². The monoisotopic (exact) mass is 392 g/mol. The van der Waals surface area contributed by atoms with Crippen LogP contribution in [0.15, 0.2) is 59.1 Å². The Bertz CT molecular complexity index is 582. The number of carbonyl (C=O) groups is 1. The van der Waals surface area contributed by atoms with Gasteiger partial charge in [-0.05, 0) is 36.1 Å². The van der Waals surface area contributed by atoms with Crippen LogP contribution in [0, 0.1) is 5.92 Å². The third kappa shape index (κ3) is 7.75. The van der Waals surface area contributed by atoms with Gasteiger partial charge in [-0.15, -0.1) is 0 Å². The van der Waals surface area contributed by atoms with Crippen LogP contribution in [-0.4, -0.2) is 17.7 Å². The summed E-state index contributed by atoms with van der Waals surface area (Å²) in [6.45, 7) is 4.97. The first-order valence-electron chi connectivity index (χ1n) is 8.24. The van der Waals surface area contributed by atoms with Crippen LogP contribution in [0.5, 0.6) is 0 Å². The molecule has 2 rings (SSSR count). The fraction of sp³-hybridized carbons (Fsp3) is 0.350. The lowest BCUT2D eigenvalue weighted by Crippen LogP contribution is -2.18. The van der Waals surface area contributed by atoms with Crippen LogP contribution < -0.4 is 0 Å². The molecular weight excluding hydrogens is 368 g/mol. The zero-order valence-corrected chi connectivity index (χ0v) is 15.8. The van der Waals surface area contributed by atoms with Crippen molar-refractivity contribution in [2.45, 2.75) is 33.3 Å². The van der Waals surface area contributed by atoms with Gasteiger partial charge in [0, 0.05) is 11.1 Å². The summed E-state index contributed by atoms with van der Waals surface area (Å²) in [5.41, 5.74) is 2.13. The zero-order chi connectivity index (χ0) is 17.8. The molecule has 1 atom stereocenters. The molecule has 2 aromatic rings. The Labute approximate surface area is 152 Å². The topological polar surface area (TPSA) is 46.5 Å². The van der Waals surface area contributed by atoms with E-state index in [4.69, 9.17) is 4.74 Å². The maximum absolute atomic E-state index is 11.4. The number of carboxylic acids is 1. The Morgan fingerprint density at radius 2 is 1.67 bits per heavy atom. The van der Waals surface area contributed by atoms with Gasteiger partial charge in [0.05, 0.1) is 12.5 Å². The summed E-state index contributed by atoms with van der Waals surface area (Å²) in [6.07, 6.45) is 1.04. The molecule has 2 aromatic carbocycles. The number of ether oxygens (including phenoxy) is 1. The van der Waals surface area contributed by atoms with Gasteiger partial charge in [0.25, 0.3) is 0 Å². The number of hydrogen-bond donors (Lipinski definition) is 1. The molecule has 24 heavy (non-hydrogen) atoms. The molecule has 0 aromatic heterocycles. The van der Waals surface area contributed by atoms with Crippen LogP contribution in [0.1, 0.15) is 31.4 Å². The fourth-order valence-electron chi connectivity index (χ4n) is 2.21. The van der Waals surface area contributed by atoms with E-state index in [1.807, 2.05) is 68.4 Å². The molecular formula is C20H25BrO3. The van der Waals surface area contributed by atoms with Gasteiger partial charge >= 0.3 is 5.97 Å². The van der Waals surface area contributed by atoms with E-state index in [0.29, 0.717) is 26.1 Å². The predicted octanol–water partition coefficient (Wildman–Crippen LogP) is 5.33. The number of aliphatic carboxylic acids is 1. The third-order valence-electron chi connectivity index (χ3n) is 3.47. The predicted molar refractivity (Wildman–Crippen MR) is 101 cm³/mol. The van der Waals surface area contributed by atoms with Crippen molar-refractivity contribution in [3.8, 4) is 0 Å². The Hall–Kier alpha value is -1.65. The number of hydrogen-bond acceptors (Lipinski definition) is 2. The molecule has 0 fully saturated rings. The highest BCUT2D eigenvalue weighted by molar-refractivity contribution is 9.10. The molecule has 0 saturated heterocycles. The average molecular weight is 393 g/mol. The first kappa shape index (κ1) is 20.4. The van der Waals surface area contributed by atoms with Crippen molar-refractivity contribution in [2.24, 2.45) is 5.92 Å². The van der Waals surface area contributed by atoms with E-state index >= 15 is 0 Å². The maximum Gasteiger partial charge on any atom is 0.306 e. The van der Waals surface area contributed by atoms with Crippen molar-refractivity contribution in [1.29, 1.82) is 0 Å². The summed E-state index contributed by atoms with van der Waals surface area (Å²) in [7, 11) is 0. The minimum Gasteiger partial charge on any atom is -0.481 e. The summed E-state index contributed by atoms with van der Waals surface area (Å²) in [5, 5.41) is 9.34. The first-order chi connectivity index (χ1) is 11.6. The van der Waals surface area contributed by atoms with Crippen LogP contribution in [0.2, 0.25) is 0 Å². The number of halogens is 1. The molecule has 0 aliphatic rings. The highest BCUT2D eigenvalue weighted by Crippen LogP contribution is 2.16. The molecule has 0 saturated carbocycles. The molecule has 0 bridgehead atoms. The normalized spacial score (nSPS) is 11.3. The smallest absolute Gasteiger partial charge is 0.306 e. The van der Waals surface area contributed by atoms with Crippen LogP contribution in [0.3, 0.4) is 0 Å². The van der Waals surface area contributed by atoms with Crippen molar-refractivity contribution >= 4 is 21.9 Å². The minimum atomic E-state index is -0.772. The molecule has 4 heteroatoms. The van der Waals surface area contributed by atoms with E-state index in [-0.39, 0.29) is 0 Å². The van der Waals surface area contributed by atoms with Gasteiger partial charge in [-0.3, -0.25) is 4.79 Å². The largest absolute Gasteiger partial charge is 0.481 e. The van der Waals surface area contributed by atoms with E-state index in [2.05, 4.69) is 15.9 Å². The van der Waals surface area contributed by atoms with Crippen LogP contribution in [0.25, 0.3) is 0 Å². The molecule has 0 unspecified atom stereocenters. The summed E-state index contributed by atoms with van der Waals surface area (Å²) in [4.78, 5) is 11.4. The molecule has 0 spiro atoms. The van der Waals surface area contributed by atoms with Crippen molar-refractivity contribution in [2.75, 3.05) is 6.61 Å². The van der Waals surface area contributed by atoms with Crippen LogP contribution in [-0.2, 0) is 22.6 Å². The second-order valence-electron chi connectivity index (χ2n) is 5.19. The maximum atomic E-state index is 11.4. The second kappa shape index (κ2) is 11.8. The van der Waals surface area contributed by atoms with Gasteiger partial charge in [0.2, 0.25) is 0 Å². The molecule has 1 N–H and O–H groups in total. The van der Waals surface area contributed by atoms with Gasteiger partial charge in [0.1, 0.15) is 0 Å².